The maximum atomic E-state index is 13.6. The maximum absolute atomic E-state index is 13.6. The summed E-state index contributed by atoms with van der Waals surface area (Å²) >= 11 is 0. The molecule has 1 aliphatic heterocycles. The average molecular weight is 548 g/mol. The van der Waals surface area contributed by atoms with Crippen molar-refractivity contribution in [1.82, 2.24) is 19.4 Å². The van der Waals surface area contributed by atoms with Gasteiger partial charge in [-0.1, -0.05) is 26.2 Å². The number of rotatable bonds is 9. The van der Waals surface area contributed by atoms with Crippen LogP contribution in [0.4, 0.5) is 5.69 Å². The molecule has 1 aliphatic carbocycles. The zero-order valence-corrected chi connectivity index (χ0v) is 23.7. The lowest BCUT2D eigenvalue weighted by Crippen LogP contribution is -2.50. The Morgan fingerprint density at radius 1 is 1.24 bits per heavy atom. The first-order chi connectivity index (χ1) is 18.1. The van der Waals surface area contributed by atoms with Gasteiger partial charge in [-0.3, -0.25) is 9.52 Å². The second-order valence-electron chi connectivity index (χ2n) is 11.0. The molecule has 0 unspecified atom stereocenters. The fourth-order valence-electron chi connectivity index (χ4n) is 5.43. The van der Waals surface area contributed by atoms with Crippen LogP contribution in [-0.4, -0.2) is 84.2 Å². The Labute approximate surface area is 226 Å². The molecule has 10 nitrogen and oxygen atoms in total. The van der Waals surface area contributed by atoms with Gasteiger partial charge in [-0.25, -0.2) is 4.98 Å². The van der Waals surface area contributed by atoms with E-state index in [1.165, 1.54) is 50.7 Å². The largest absolute Gasteiger partial charge is 0.488 e. The van der Waals surface area contributed by atoms with E-state index in [1.54, 1.807) is 28.6 Å². The molecular formula is C27H41N5O5S. The third-order valence-corrected chi connectivity index (χ3v) is 8.93. The van der Waals surface area contributed by atoms with Crippen LogP contribution in [0.15, 0.2) is 35.7 Å². The number of nitrogens with zero attached hydrogens (tertiary/aromatic N) is 4. The van der Waals surface area contributed by atoms with Crippen LogP contribution in [-0.2, 0) is 17.1 Å². The summed E-state index contributed by atoms with van der Waals surface area (Å²) in [4.78, 5) is 21.6. The van der Waals surface area contributed by atoms with Gasteiger partial charge in [0.05, 0.1) is 24.5 Å². The summed E-state index contributed by atoms with van der Waals surface area (Å²) in [7, 11) is -0.118. The summed E-state index contributed by atoms with van der Waals surface area (Å²) in [5.74, 6) is 0.833. The lowest BCUT2D eigenvalue weighted by Gasteiger charge is -2.38. The topological polar surface area (TPSA) is 117 Å². The van der Waals surface area contributed by atoms with E-state index in [1.807, 2.05) is 6.92 Å². The summed E-state index contributed by atoms with van der Waals surface area (Å²) in [6.45, 7) is 5.86. The van der Waals surface area contributed by atoms with Gasteiger partial charge in [0.15, 0.2) is 5.03 Å². The Balaban J connectivity index is 1.60. The number of carbonyl (C=O) groups is 1. The van der Waals surface area contributed by atoms with Crippen molar-refractivity contribution in [1.29, 1.82) is 0 Å². The Morgan fingerprint density at radius 2 is 1.97 bits per heavy atom. The van der Waals surface area contributed by atoms with E-state index in [9.17, 15) is 18.3 Å². The molecule has 2 aliphatic rings. The van der Waals surface area contributed by atoms with Crippen molar-refractivity contribution in [2.24, 2.45) is 18.9 Å². The van der Waals surface area contributed by atoms with Crippen LogP contribution < -0.4 is 9.46 Å². The lowest BCUT2D eigenvalue weighted by molar-refractivity contribution is 0.0330. The van der Waals surface area contributed by atoms with Crippen LogP contribution in [0.5, 0.6) is 5.75 Å². The molecule has 210 valence electrons. The third-order valence-electron chi connectivity index (χ3n) is 7.66. The molecule has 0 spiro atoms. The summed E-state index contributed by atoms with van der Waals surface area (Å²) in [5.41, 5.74) is 0.501. The van der Waals surface area contributed by atoms with Crippen LogP contribution in [0.25, 0.3) is 0 Å². The molecule has 1 aromatic carbocycles. The zero-order chi connectivity index (χ0) is 27.4. The average Bonchev–Trinajstić information content (AvgIpc) is 3.34. The van der Waals surface area contributed by atoms with Gasteiger partial charge in [0.25, 0.3) is 15.9 Å². The number of likely N-dealkylation sites (N-methyl/N-ethyl adjacent to an activating group) is 1. The first-order valence-electron chi connectivity index (χ1n) is 13.5. The monoisotopic (exact) mass is 547 g/mol. The molecule has 1 fully saturated rings. The van der Waals surface area contributed by atoms with Crippen LogP contribution >= 0.6 is 0 Å². The first kappa shape index (κ1) is 28.4. The van der Waals surface area contributed by atoms with E-state index >= 15 is 0 Å². The molecule has 0 radical (unpaired) electrons. The van der Waals surface area contributed by atoms with E-state index in [2.05, 4.69) is 28.6 Å². The fraction of sp³-hybridized carbons (Fsp3) is 0.630. The Morgan fingerprint density at radius 3 is 2.63 bits per heavy atom. The summed E-state index contributed by atoms with van der Waals surface area (Å²) in [5, 5.41) is 9.78. The zero-order valence-electron chi connectivity index (χ0n) is 22.8. The van der Waals surface area contributed by atoms with Crippen molar-refractivity contribution in [3.05, 3.63) is 36.3 Å². The number of nitrogens with one attached hydrogen (secondary N) is 1. The quantitative estimate of drug-likeness (QED) is 0.496. The number of aromatic nitrogens is 2. The van der Waals surface area contributed by atoms with E-state index in [0.717, 1.165) is 6.54 Å². The highest BCUT2D eigenvalue weighted by molar-refractivity contribution is 7.92. The maximum Gasteiger partial charge on any atom is 0.280 e. The molecule has 1 saturated carbocycles. The molecule has 0 bridgehead atoms. The van der Waals surface area contributed by atoms with Crippen molar-refractivity contribution >= 4 is 21.6 Å². The van der Waals surface area contributed by atoms with Crippen LogP contribution in [0, 0.1) is 11.8 Å². The number of ether oxygens (including phenoxy) is 1. The predicted octanol–water partition coefficient (Wildman–Crippen LogP) is 2.95. The highest BCUT2D eigenvalue weighted by Crippen LogP contribution is 2.32. The van der Waals surface area contributed by atoms with Crippen molar-refractivity contribution in [3.8, 4) is 5.75 Å². The van der Waals surface area contributed by atoms with E-state index < -0.39 is 16.1 Å². The minimum atomic E-state index is -3.93. The highest BCUT2D eigenvalue weighted by atomic mass is 32.2. The molecule has 4 rings (SSSR count). The Kier molecular flexibility index (Phi) is 9.00. The molecule has 1 amide bonds. The van der Waals surface area contributed by atoms with Gasteiger partial charge in [-0.2, -0.15) is 8.42 Å². The number of sulfonamides is 1. The molecule has 2 heterocycles. The summed E-state index contributed by atoms with van der Waals surface area (Å²) in [6.07, 6.45) is 9.09. The number of aliphatic hydroxyl groups is 1. The number of carbonyl (C=O) groups excluding carboxylic acids is 1. The minimum Gasteiger partial charge on any atom is -0.488 e. The van der Waals surface area contributed by atoms with Crippen molar-refractivity contribution < 1.29 is 23.1 Å². The van der Waals surface area contributed by atoms with Gasteiger partial charge < -0.3 is 24.2 Å². The number of hydrogen-bond donors (Lipinski definition) is 2. The third kappa shape index (κ3) is 6.68. The number of hydrogen-bond acceptors (Lipinski definition) is 7. The Bertz CT molecular complexity index is 1210. The summed E-state index contributed by atoms with van der Waals surface area (Å²) < 4.78 is 36.2. The number of amides is 1. The van der Waals surface area contributed by atoms with Crippen LogP contribution in [0.3, 0.4) is 0 Å². The number of anilines is 1. The Hall–Kier alpha value is -2.63. The molecular weight excluding hydrogens is 506 g/mol. The van der Waals surface area contributed by atoms with Gasteiger partial charge in [-0.15, -0.1) is 0 Å². The molecule has 2 N–H and O–H groups in total. The number of aryl methyl sites for hydroxylation is 1. The minimum absolute atomic E-state index is 0.0252. The molecule has 3 atom stereocenters. The standard InChI is InChI=1S/C27H41N5O5S/c1-19-13-32(20(2)17-33)27(34)23-12-22(29-38(35,36)26-16-31(4)18-28-26)10-11-24(23)37-25(19)15-30(3)14-21-8-6-5-7-9-21/h10-12,16,18-21,25,29,33H,5-9,13-15,17H2,1-4H3/t19-,20-,25+/m0/s1. The smallest absolute Gasteiger partial charge is 0.280 e. The number of imidazole rings is 1. The number of fused-ring (bicyclic) bond motifs is 1. The number of benzene rings is 1. The van der Waals surface area contributed by atoms with Gasteiger partial charge >= 0.3 is 0 Å². The normalized spacial score (nSPS) is 21.9. The second kappa shape index (κ2) is 12.0. The van der Waals surface area contributed by atoms with Gasteiger partial charge in [0.2, 0.25) is 0 Å². The number of aliphatic hydroxyl groups excluding tert-OH is 1. The molecule has 38 heavy (non-hydrogen) atoms. The van der Waals surface area contributed by atoms with Crippen LogP contribution in [0.2, 0.25) is 0 Å². The molecule has 11 heteroatoms. The second-order valence-corrected chi connectivity index (χ2v) is 12.7. The SMILES string of the molecule is C[C@H]1CN([C@@H](C)CO)C(=O)c2cc(NS(=O)(=O)c3cn(C)cn3)ccc2O[C@@H]1CN(C)CC1CCCCC1. The van der Waals surface area contributed by atoms with Crippen LogP contribution in [0.1, 0.15) is 56.3 Å². The molecule has 0 saturated heterocycles. The van der Waals surface area contributed by atoms with E-state index in [0.29, 0.717) is 24.8 Å². The predicted molar refractivity (Wildman–Crippen MR) is 146 cm³/mol. The van der Waals surface area contributed by atoms with Gasteiger partial charge in [-0.05, 0) is 50.9 Å². The van der Waals surface area contributed by atoms with Gasteiger partial charge in [0, 0.05) is 44.5 Å². The van der Waals surface area contributed by atoms with Gasteiger partial charge in [0.1, 0.15) is 11.9 Å². The highest BCUT2D eigenvalue weighted by Gasteiger charge is 2.34. The summed E-state index contributed by atoms with van der Waals surface area (Å²) in [6, 6.07) is 4.36. The fourth-order valence-corrected chi connectivity index (χ4v) is 6.46. The van der Waals surface area contributed by atoms with Crippen molar-refractivity contribution in [2.45, 2.75) is 63.1 Å². The first-order valence-corrected chi connectivity index (χ1v) is 15.0. The van der Waals surface area contributed by atoms with Crippen molar-refractivity contribution in [2.75, 3.05) is 38.0 Å². The van der Waals surface area contributed by atoms with Crippen molar-refractivity contribution in [3.63, 3.8) is 0 Å². The lowest BCUT2D eigenvalue weighted by atomic mass is 9.89. The molecule has 2 aromatic rings. The molecule has 1 aromatic heterocycles. The van der Waals surface area contributed by atoms with E-state index in [4.69, 9.17) is 4.74 Å². The van der Waals surface area contributed by atoms with E-state index in [-0.39, 0.29) is 40.8 Å².